The van der Waals surface area contributed by atoms with E-state index in [1.807, 2.05) is 26.0 Å². The highest BCUT2D eigenvalue weighted by atomic mass is 79.9. The second kappa shape index (κ2) is 11.1. The molecular formula is C23H24BrCl3N4O2. The van der Waals surface area contributed by atoms with Crippen LogP contribution in [0.2, 0.25) is 10.0 Å². The summed E-state index contributed by atoms with van der Waals surface area (Å²) in [6, 6.07) is 4.57. The van der Waals surface area contributed by atoms with E-state index >= 15 is 0 Å². The largest absolute Gasteiger partial charge is 0.368 e. The molecule has 2 atom stereocenters. The van der Waals surface area contributed by atoms with Crippen LogP contribution in [0.15, 0.2) is 52.1 Å². The number of rotatable bonds is 7. The Morgan fingerprint density at radius 1 is 1.27 bits per heavy atom. The molecule has 10 heteroatoms. The molecule has 0 saturated carbocycles. The Labute approximate surface area is 216 Å². The van der Waals surface area contributed by atoms with Gasteiger partial charge < -0.3 is 15.7 Å². The van der Waals surface area contributed by atoms with Gasteiger partial charge in [0, 0.05) is 11.1 Å². The van der Waals surface area contributed by atoms with Crippen molar-refractivity contribution in [3.05, 3.63) is 73.4 Å². The summed E-state index contributed by atoms with van der Waals surface area (Å²) in [4.78, 5) is 12.8. The third-order valence-electron chi connectivity index (χ3n) is 4.90. The number of hydrogen-bond donors (Lipinski definition) is 3. The van der Waals surface area contributed by atoms with Crippen LogP contribution in [0, 0.1) is 5.92 Å². The lowest BCUT2D eigenvalue weighted by molar-refractivity contribution is 0.0943. The molecule has 0 spiro atoms. The first-order chi connectivity index (χ1) is 15.6. The molecule has 1 aromatic carbocycles. The summed E-state index contributed by atoms with van der Waals surface area (Å²) in [6.07, 6.45) is 7.34. The topological polar surface area (TPSA) is 79.2 Å². The van der Waals surface area contributed by atoms with Crippen LogP contribution in [0.5, 0.6) is 0 Å². The molecule has 6 nitrogen and oxygen atoms in total. The van der Waals surface area contributed by atoms with Crippen LogP contribution in [0.4, 0.5) is 5.69 Å². The Bertz CT molecular complexity index is 1140. The third kappa shape index (κ3) is 6.22. The van der Waals surface area contributed by atoms with Crippen molar-refractivity contribution in [3.8, 4) is 0 Å². The highest BCUT2D eigenvalue weighted by Gasteiger charge is 2.24. The summed E-state index contributed by atoms with van der Waals surface area (Å²) < 4.78 is 2.07. The Kier molecular flexibility index (Phi) is 8.70. The summed E-state index contributed by atoms with van der Waals surface area (Å²) >= 11 is 22.4. The van der Waals surface area contributed by atoms with Crippen molar-refractivity contribution < 1.29 is 9.90 Å². The van der Waals surface area contributed by atoms with Gasteiger partial charge in [0.05, 0.1) is 32.7 Å². The van der Waals surface area contributed by atoms with Crippen LogP contribution in [0.3, 0.4) is 0 Å². The molecule has 0 aliphatic heterocycles. The number of benzene rings is 1. The normalized spacial score (nSPS) is 16.8. The fourth-order valence-electron chi connectivity index (χ4n) is 3.33. The molecule has 1 aromatic heterocycles. The molecule has 0 radical (unpaired) electrons. The molecule has 0 bridgehead atoms. The number of anilines is 1. The maximum Gasteiger partial charge on any atom is 0.253 e. The van der Waals surface area contributed by atoms with Crippen molar-refractivity contribution in [1.29, 1.82) is 0 Å². The fourth-order valence-corrected chi connectivity index (χ4v) is 4.49. The van der Waals surface area contributed by atoms with Crippen molar-refractivity contribution in [2.45, 2.75) is 39.5 Å². The first-order valence-electron chi connectivity index (χ1n) is 10.4. The summed E-state index contributed by atoms with van der Waals surface area (Å²) in [5.41, 5.74) is 1.50. The van der Waals surface area contributed by atoms with Gasteiger partial charge in [-0.1, -0.05) is 60.0 Å². The van der Waals surface area contributed by atoms with E-state index in [0.717, 1.165) is 6.42 Å². The minimum absolute atomic E-state index is 0.0957. The number of amides is 1. The number of carbonyl (C=O) groups is 1. The number of halogens is 4. The summed E-state index contributed by atoms with van der Waals surface area (Å²) in [5, 5.41) is 22.3. The first-order valence-corrected chi connectivity index (χ1v) is 12.3. The third-order valence-corrected chi connectivity index (χ3v) is 6.13. The molecule has 1 amide bonds. The first kappa shape index (κ1) is 25.8. The highest BCUT2D eigenvalue weighted by Crippen LogP contribution is 2.35. The van der Waals surface area contributed by atoms with Gasteiger partial charge in [-0.3, -0.25) is 4.79 Å². The maximum atomic E-state index is 12.8. The lowest BCUT2D eigenvalue weighted by Gasteiger charge is -2.21. The predicted molar refractivity (Wildman–Crippen MR) is 139 cm³/mol. The smallest absolute Gasteiger partial charge is 0.253 e. The monoisotopic (exact) mass is 572 g/mol. The average molecular weight is 575 g/mol. The van der Waals surface area contributed by atoms with Gasteiger partial charge in [-0.25, -0.2) is 4.68 Å². The second-order valence-corrected chi connectivity index (χ2v) is 9.88. The number of aromatic nitrogens is 2. The van der Waals surface area contributed by atoms with Gasteiger partial charge >= 0.3 is 0 Å². The van der Waals surface area contributed by atoms with Gasteiger partial charge in [0.1, 0.15) is 4.60 Å². The van der Waals surface area contributed by atoms with Gasteiger partial charge in [0.25, 0.3) is 5.91 Å². The van der Waals surface area contributed by atoms with Gasteiger partial charge in [-0.2, -0.15) is 5.10 Å². The average Bonchev–Trinajstić information content (AvgIpc) is 3.02. The van der Waals surface area contributed by atoms with Crippen molar-refractivity contribution in [3.63, 3.8) is 0 Å². The fraction of sp³-hybridized carbons (Fsp3) is 0.304. The highest BCUT2D eigenvalue weighted by molar-refractivity contribution is 9.10. The van der Waals surface area contributed by atoms with Crippen molar-refractivity contribution in [2.75, 3.05) is 5.32 Å². The second-order valence-electron chi connectivity index (χ2n) is 7.81. The van der Waals surface area contributed by atoms with Crippen LogP contribution in [0.1, 0.15) is 49.5 Å². The zero-order chi connectivity index (χ0) is 24.3. The molecule has 33 heavy (non-hydrogen) atoms. The van der Waals surface area contributed by atoms with Gasteiger partial charge in [0.15, 0.2) is 6.23 Å². The van der Waals surface area contributed by atoms with E-state index in [2.05, 4.69) is 44.7 Å². The quantitative estimate of drug-likeness (QED) is 0.320. The molecule has 1 heterocycles. The Morgan fingerprint density at radius 3 is 2.67 bits per heavy atom. The van der Waals surface area contributed by atoms with Crippen LogP contribution in [-0.4, -0.2) is 26.8 Å². The standard InChI is InChI=1S/C23H24BrCl3N4O2/c1-4-13-6-5-7-16(26)18(8-13)31-19(11-20(24)30-31)23(33)29-21-15(22(32)28-12(2)3)9-14(25)10-17(21)27/h5-13,23,29,33H,4H2,1-3H3,(H,28,32). The SMILES string of the molecule is CCC1C=CC=C(Cl)C(n2nc(Br)cc2C(O)Nc2c(Cl)cc(Cl)cc2C(=O)NC(C)C)=C1. The molecule has 3 N–H and O–H groups in total. The zero-order valence-corrected chi connectivity index (χ0v) is 22.1. The van der Waals surface area contributed by atoms with Crippen molar-refractivity contribution in [1.82, 2.24) is 15.1 Å². The molecule has 1 aliphatic rings. The number of aliphatic hydroxyl groups excluding tert-OH is 1. The molecule has 1 aliphatic carbocycles. The van der Waals surface area contributed by atoms with E-state index in [-0.39, 0.29) is 34.1 Å². The molecule has 0 saturated heterocycles. The minimum atomic E-state index is -1.27. The van der Waals surface area contributed by atoms with E-state index in [4.69, 9.17) is 34.8 Å². The molecule has 2 aromatic rings. The van der Waals surface area contributed by atoms with Crippen LogP contribution in [0.25, 0.3) is 5.70 Å². The lowest BCUT2D eigenvalue weighted by Crippen LogP contribution is -2.31. The van der Waals surface area contributed by atoms with Crippen LogP contribution >= 0.6 is 50.7 Å². The Hall–Kier alpha value is -1.77. The van der Waals surface area contributed by atoms with Crippen LogP contribution < -0.4 is 10.6 Å². The van der Waals surface area contributed by atoms with Crippen molar-refractivity contribution in [2.24, 2.45) is 5.92 Å². The van der Waals surface area contributed by atoms with E-state index in [1.165, 1.54) is 12.1 Å². The van der Waals surface area contributed by atoms with E-state index in [0.29, 0.717) is 26.0 Å². The molecule has 3 rings (SSSR count). The van der Waals surface area contributed by atoms with Gasteiger partial charge in [-0.05, 0) is 66.4 Å². The number of allylic oxidation sites excluding steroid dienone is 6. The number of nitrogens with one attached hydrogen (secondary N) is 2. The zero-order valence-electron chi connectivity index (χ0n) is 18.2. The minimum Gasteiger partial charge on any atom is -0.368 e. The van der Waals surface area contributed by atoms with E-state index < -0.39 is 6.23 Å². The Balaban J connectivity index is 2.02. The number of nitrogens with zero attached hydrogens (tertiary/aromatic N) is 2. The van der Waals surface area contributed by atoms with Crippen LogP contribution in [-0.2, 0) is 0 Å². The van der Waals surface area contributed by atoms with E-state index in [9.17, 15) is 9.90 Å². The van der Waals surface area contributed by atoms with Gasteiger partial charge in [-0.15, -0.1) is 0 Å². The Morgan fingerprint density at radius 2 is 2.00 bits per heavy atom. The molecule has 2 unspecified atom stereocenters. The molecular weight excluding hydrogens is 551 g/mol. The number of carbonyl (C=O) groups excluding carboxylic acids is 1. The predicted octanol–water partition coefficient (Wildman–Crippen LogP) is 6.75. The lowest BCUT2D eigenvalue weighted by atomic mass is 10.1. The molecule has 0 fully saturated rings. The number of aliphatic hydroxyl groups is 1. The number of hydrogen-bond acceptors (Lipinski definition) is 4. The summed E-state index contributed by atoms with van der Waals surface area (Å²) in [6.45, 7) is 5.77. The maximum absolute atomic E-state index is 12.8. The summed E-state index contributed by atoms with van der Waals surface area (Å²) in [5.74, 6) is -0.210. The van der Waals surface area contributed by atoms with E-state index in [1.54, 1.807) is 16.8 Å². The van der Waals surface area contributed by atoms with Gasteiger partial charge in [0.2, 0.25) is 0 Å². The molecule has 176 valence electrons. The summed E-state index contributed by atoms with van der Waals surface area (Å²) in [7, 11) is 0. The van der Waals surface area contributed by atoms with Crippen molar-refractivity contribution >= 4 is 68.0 Å².